The van der Waals surface area contributed by atoms with Gasteiger partial charge in [0.2, 0.25) is 0 Å². The highest BCUT2D eigenvalue weighted by atomic mass is 16.4. The number of benzene rings is 1. The van der Waals surface area contributed by atoms with Crippen LogP contribution in [0.2, 0.25) is 0 Å². The van der Waals surface area contributed by atoms with E-state index in [-0.39, 0.29) is 5.84 Å². The summed E-state index contributed by atoms with van der Waals surface area (Å²) in [6.07, 6.45) is 3.21. The van der Waals surface area contributed by atoms with Crippen molar-refractivity contribution in [2.75, 3.05) is 0 Å². The van der Waals surface area contributed by atoms with Crippen molar-refractivity contribution in [3.8, 4) is 11.3 Å². The number of nitrogens with zero attached hydrogens (tertiary/aromatic N) is 4. The van der Waals surface area contributed by atoms with Crippen molar-refractivity contribution in [2.45, 2.75) is 0 Å². The van der Waals surface area contributed by atoms with E-state index in [9.17, 15) is 0 Å². The maximum atomic E-state index is 8.75. The molecule has 0 saturated heterocycles. The molecule has 94 valence electrons. The van der Waals surface area contributed by atoms with Crippen LogP contribution in [-0.2, 0) is 0 Å². The van der Waals surface area contributed by atoms with Crippen molar-refractivity contribution < 1.29 is 5.21 Å². The maximum absolute atomic E-state index is 8.75. The molecular formula is C13H11N5O. The highest BCUT2D eigenvalue weighted by molar-refractivity contribution is 6.02. The van der Waals surface area contributed by atoms with E-state index in [0.29, 0.717) is 11.2 Å². The Hall–Kier alpha value is -2.89. The summed E-state index contributed by atoms with van der Waals surface area (Å²) in [6.45, 7) is 0. The number of fused-ring (bicyclic) bond motifs is 1. The minimum absolute atomic E-state index is 0.00675. The van der Waals surface area contributed by atoms with Gasteiger partial charge < -0.3 is 10.9 Å². The summed E-state index contributed by atoms with van der Waals surface area (Å²) in [5, 5.41) is 16.0. The summed E-state index contributed by atoms with van der Waals surface area (Å²) in [5.74, 6) is -0.00675. The van der Waals surface area contributed by atoms with Crippen LogP contribution in [0.15, 0.2) is 53.9 Å². The molecule has 2 heterocycles. The third-order valence-electron chi connectivity index (χ3n) is 2.85. The van der Waals surface area contributed by atoms with E-state index in [0.717, 1.165) is 11.3 Å². The van der Waals surface area contributed by atoms with Crippen LogP contribution in [0, 0.1) is 0 Å². The number of hydrogen-bond donors (Lipinski definition) is 2. The molecule has 0 saturated carbocycles. The van der Waals surface area contributed by atoms with Gasteiger partial charge >= 0.3 is 0 Å². The molecule has 3 N–H and O–H groups in total. The Morgan fingerprint density at radius 3 is 2.74 bits per heavy atom. The van der Waals surface area contributed by atoms with Crippen molar-refractivity contribution in [2.24, 2.45) is 10.9 Å². The molecule has 0 unspecified atom stereocenters. The van der Waals surface area contributed by atoms with Gasteiger partial charge in [-0.05, 0) is 6.07 Å². The molecule has 6 heteroatoms. The predicted octanol–water partition coefficient (Wildman–Crippen LogP) is 1.49. The molecular weight excluding hydrogens is 242 g/mol. The highest BCUT2D eigenvalue weighted by Gasteiger charge is 2.12. The maximum Gasteiger partial charge on any atom is 0.175 e. The van der Waals surface area contributed by atoms with Crippen LogP contribution in [0.4, 0.5) is 0 Å². The Bertz CT molecular complexity index is 748. The molecule has 0 atom stereocenters. The average molecular weight is 253 g/mol. The summed E-state index contributed by atoms with van der Waals surface area (Å²) in [6, 6.07) is 11.7. The van der Waals surface area contributed by atoms with Gasteiger partial charge in [-0.2, -0.15) is 5.10 Å². The quantitative estimate of drug-likeness (QED) is 0.313. The molecule has 0 fully saturated rings. The number of amidine groups is 1. The van der Waals surface area contributed by atoms with E-state index >= 15 is 0 Å². The van der Waals surface area contributed by atoms with Gasteiger partial charge in [-0.25, -0.2) is 9.50 Å². The van der Waals surface area contributed by atoms with Gasteiger partial charge in [-0.3, -0.25) is 0 Å². The van der Waals surface area contributed by atoms with Crippen molar-refractivity contribution in [1.82, 2.24) is 14.6 Å². The summed E-state index contributed by atoms with van der Waals surface area (Å²) in [7, 11) is 0. The number of nitrogens with two attached hydrogens (primary N) is 1. The molecule has 0 spiro atoms. The molecule has 6 nitrogen and oxygen atoms in total. The molecule has 3 aromatic rings. The fraction of sp³-hybridized carbons (Fsp3) is 0. The van der Waals surface area contributed by atoms with E-state index in [4.69, 9.17) is 10.9 Å². The van der Waals surface area contributed by atoms with Gasteiger partial charge in [0.15, 0.2) is 11.5 Å². The van der Waals surface area contributed by atoms with Gasteiger partial charge in [0.1, 0.15) is 0 Å². The summed E-state index contributed by atoms with van der Waals surface area (Å²) < 4.78 is 1.67. The van der Waals surface area contributed by atoms with E-state index in [1.165, 1.54) is 6.20 Å². The fourth-order valence-electron chi connectivity index (χ4n) is 1.95. The van der Waals surface area contributed by atoms with E-state index in [2.05, 4.69) is 15.2 Å². The zero-order chi connectivity index (χ0) is 13.2. The Kier molecular flexibility index (Phi) is 2.60. The molecule has 0 aliphatic rings. The Labute approximate surface area is 108 Å². The Morgan fingerprint density at radius 2 is 2.00 bits per heavy atom. The SMILES string of the molecule is N/C(=N\O)c1cnn2c(-c3ccccc3)ccnc12. The number of rotatable bonds is 2. The molecule has 0 aliphatic heterocycles. The van der Waals surface area contributed by atoms with Gasteiger partial charge in [-0.1, -0.05) is 35.5 Å². The van der Waals surface area contributed by atoms with E-state index in [1.54, 1.807) is 10.7 Å². The predicted molar refractivity (Wildman–Crippen MR) is 70.9 cm³/mol. The lowest BCUT2D eigenvalue weighted by atomic mass is 10.1. The largest absolute Gasteiger partial charge is 0.409 e. The van der Waals surface area contributed by atoms with Crippen molar-refractivity contribution in [1.29, 1.82) is 0 Å². The average Bonchev–Trinajstić information content (AvgIpc) is 2.91. The third-order valence-corrected chi connectivity index (χ3v) is 2.85. The fourth-order valence-corrected chi connectivity index (χ4v) is 1.95. The Balaban J connectivity index is 2.26. The summed E-state index contributed by atoms with van der Waals surface area (Å²) in [5.41, 5.74) is 8.56. The van der Waals surface area contributed by atoms with Gasteiger partial charge in [0, 0.05) is 11.8 Å². The number of oxime groups is 1. The summed E-state index contributed by atoms with van der Waals surface area (Å²) in [4.78, 5) is 4.22. The first-order valence-electron chi connectivity index (χ1n) is 5.67. The van der Waals surface area contributed by atoms with Crippen LogP contribution in [0.1, 0.15) is 5.56 Å². The molecule has 0 radical (unpaired) electrons. The third kappa shape index (κ3) is 1.79. The molecule has 1 aromatic carbocycles. The first-order valence-corrected chi connectivity index (χ1v) is 5.67. The second-order valence-corrected chi connectivity index (χ2v) is 3.97. The van der Waals surface area contributed by atoms with Crippen molar-refractivity contribution in [3.05, 3.63) is 54.4 Å². The lowest BCUT2D eigenvalue weighted by Crippen LogP contribution is -2.13. The smallest absolute Gasteiger partial charge is 0.175 e. The monoisotopic (exact) mass is 253 g/mol. The van der Waals surface area contributed by atoms with E-state index < -0.39 is 0 Å². The van der Waals surface area contributed by atoms with Crippen LogP contribution >= 0.6 is 0 Å². The lowest BCUT2D eigenvalue weighted by molar-refractivity contribution is 0.318. The topological polar surface area (TPSA) is 88.8 Å². The molecule has 19 heavy (non-hydrogen) atoms. The normalized spacial score (nSPS) is 11.9. The lowest BCUT2D eigenvalue weighted by Gasteiger charge is -2.04. The second kappa shape index (κ2) is 4.41. The molecule has 2 aromatic heterocycles. The minimum Gasteiger partial charge on any atom is -0.409 e. The van der Waals surface area contributed by atoms with Gasteiger partial charge in [0.05, 0.1) is 17.5 Å². The van der Waals surface area contributed by atoms with Crippen LogP contribution in [0.25, 0.3) is 16.9 Å². The molecule has 0 amide bonds. The van der Waals surface area contributed by atoms with Crippen LogP contribution in [0.3, 0.4) is 0 Å². The van der Waals surface area contributed by atoms with Crippen LogP contribution < -0.4 is 5.73 Å². The Morgan fingerprint density at radius 1 is 1.21 bits per heavy atom. The van der Waals surface area contributed by atoms with Gasteiger partial charge in [-0.15, -0.1) is 0 Å². The zero-order valence-corrected chi connectivity index (χ0v) is 9.93. The summed E-state index contributed by atoms with van der Waals surface area (Å²) >= 11 is 0. The molecule has 3 rings (SSSR count). The van der Waals surface area contributed by atoms with Crippen molar-refractivity contribution >= 4 is 11.5 Å². The number of aromatic nitrogens is 3. The van der Waals surface area contributed by atoms with Crippen LogP contribution in [0.5, 0.6) is 0 Å². The van der Waals surface area contributed by atoms with E-state index in [1.807, 2.05) is 36.4 Å². The first kappa shape index (κ1) is 11.2. The first-order chi connectivity index (χ1) is 9.31. The second-order valence-electron chi connectivity index (χ2n) is 3.97. The number of hydrogen-bond acceptors (Lipinski definition) is 4. The standard InChI is InChI=1S/C13H11N5O/c14-12(17-19)10-8-16-18-11(6-7-15-13(10)18)9-4-2-1-3-5-9/h1-8,19H,(H2,14,17). The molecule has 0 aliphatic carbocycles. The highest BCUT2D eigenvalue weighted by Crippen LogP contribution is 2.20. The van der Waals surface area contributed by atoms with Crippen molar-refractivity contribution in [3.63, 3.8) is 0 Å². The minimum atomic E-state index is -0.00675. The van der Waals surface area contributed by atoms with Gasteiger partial charge in [0.25, 0.3) is 0 Å². The molecule has 0 bridgehead atoms. The zero-order valence-electron chi connectivity index (χ0n) is 9.93. The van der Waals surface area contributed by atoms with Crippen LogP contribution in [-0.4, -0.2) is 25.6 Å².